The van der Waals surface area contributed by atoms with Gasteiger partial charge in [-0.05, 0) is 27.2 Å². The molecule has 0 amide bonds. The molecular formula is C21H25NO3. The van der Waals surface area contributed by atoms with E-state index >= 15 is 0 Å². The van der Waals surface area contributed by atoms with E-state index in [1.807, 2.05) is 45.0 Å². The monoisotopic (exact) mass is 339 g/mol. The number of aromatic hydroxyl groups is 1. The number of aromatic nitrogens is 1. The molecule has 132 valence electrons. The maximum atomic E-state index is 12.6. The van der Waals surface area contributed by atoms with Crippen molar-refractivity contribution in [2.24, 2.45) is 0 Å². The summed E-state index contributed by atoms with van der Waals surface area (Å²) in [6.07, 6.45) is 2.10. The zero-order valence-electron chi connectivity index (χ0n) is 15.3. The first-order chi connectivity index (χ1) is 12.0. The first-order valence-electron chi connectivity index (χ1n) is 8.93. The number of phenols is 1. The highest BCUT2D eigenvalue weighted by atomic mass is 16.5. The van der Waals surface area contributed by atoms with Crippen LogP contribution in [0.2, 0.25) is 0 Å². The highest BCUT2D eigenvalue weighted by Crippen LogP contribution is 2.41. The third-order valence-corrected chi connectivity index (χ3v) is 4.91. The standard InChI is InChI=1S/C21H25NO3/c1-5-7-12-22-14(4)18(21(24)25-6-2)17-13(3)20(23)16-11-9-8-10-15(16)19(17)22/h8-11,23H,5-7,12H2,1-4H3. The summed E-state index contributed by atoms with van der Waals surface area (Å²) < 4.78 is 7.52. The lowest BCUT2D eigenvalue weighted by Crippen LogP contribution is -2.08. The maximum absolute atomic E-state index is 12.6. The molecule has 0 aliphatic rings. The van der Waals surface area contributed by atoms with Crippen molar-refractivity contribution in [3.63, 3.8) is 0 Å². The molecule has 0 saturated carbocycles. The number of benzene rings is 2. The Hall–Kier alpha value is -2.49. The van der Waals surface area contributed by atoms with Crippen molar-refractivity contribution in [2.45, 2.75) is 47.1 Å². The maximum Gasteiger partial charge on any atom is 0.340 e. The summed E-state index contributed by atoms with van der Waals surface area (Å²) in [5.41, 5.74) is 3.22. The molecule has 0 aliphatic carbocycles. The van der Waals surface area contributed by atoms with Crippen LogP contribution < -0.4 is 0 Å². The van der Waals surface area contributed by atoms with E-state index in [0.29, 0.717) is 12.2 Å². The first kappa shape index (κ1) is 17.3. The summed E-state index contributed by atoms with van der Waals surface area (Å²) in [7, 11) is 0. The average Bonchev–Trinajstić information content (AvgIpc) is 2.90. The number of esters is 1. The average molecular weight is 339 g/mol. The summed E-state index contributed by atoms with van der Waals surface area (Å²) >= 11 is 0. The number of nitrogens with zero attached hydrogens (tertiary/aromatic N) is 1. The van der Waals surface area contributed by atoms with E-state index in [2.05, 4.69) is 11.5 Å². The molecule has 25 heavy (non-hydrogen) atoms. The van der Waals surface area contributed by atoms with E-state index < -0.39 is 0 Å². The molecule has 1 N–H and O–H groups in total. The summed E-state index contributed by atoms with van der Waals surface area (Å²) in [5, 5.41) is 13.3. The van der Waals surface area contributed by atoms with Crippen LogP contribution in [0.4, 0.5) is 0 Å². The number of ether oxygens (including phenoxy) is 1. The van der Waals surface area contributed by atoms with Gasteiger partial charge in [0.15, 0.2) is 0 Å². The van der Waals surface area contributed by atoms with E-state index in [1.165, 1.54) is 0 Å². The summed E-state index contributed by atoms with van der Waals surface area (Å²) in [6.45, 7) is 8.97. The van der Waals surface area contributed by atoms with E-state index in [0.717, 1.165) is 52.3 Å². The van der Waals surface area contributed by atoms with Crippen molar-refractivity contribution in [1.29, 1.82) is 0 Å². The van der Waals surface area contributed by atoms with E-state index in [1.54, 1.807) is 0 Å². The molecule has 1 heterocycles. The second-order valence-corrected chi connectivity index (χ2v) is 6.43. The summed E-state index contributed by atoms with van der Waals surface area (Å²) in [4.78, 5) is 12.6. The molecule has 0 unspecified atom stereocenters. The zero-order chi connectivity index (χ0) is 18.1. The van der Waals surface area contributed by atoms with Crippen LogP contribution in [0.1, 0.15) is 48.3 Å². The lowest BCUT2D eigenvalue weighted by molar-refractivity contribution is 0.0527. The van der Waals surface area contributed by atoms with Gasteiger partial charge in [-0.2, -0.15) is 0 Å². The van der Waals surface area contributed by atoms with Crippen LogP contribution in [0.3, 0.4) is 0 Å². The Morgan fingerprint density at radius 2 is 1.84 bits per heavy atom. The molecule has 3 rings (SSSR count). The smallest absolute Gasteiger partial charge is 0.340 e. The molecule has 4 heteroatoms. The number of hydrogen-bond donors (Lipinski definition) is 1. The number of carbonyl (C=O) groups excluding carboxylic acids is 1. The van der Waals surface area contributed by atoms with Gasteiger partial charge in [0, 0.05) is 34.0 Å². The molecule has 0 atom stereocenters. The van der Waals surface area contributed by atoms with Gasteiger partial charge in [-0.1, -0.05) is 37.6 Å². The van der Waals surface area contributed by atoms with Gasteiger partial charge in [-0.15, -0.1) is 0 Å². The number of hydrogen-bond acceptors (Lipinski definition) is 3. The van der Waals surface area contributed by atoms with Gasteiger partial charge < -0.3 is 14.4 Å². The Bertz CT molecular complexity index is 953. The Balaban J connectivity index is 2.48. The highest BCUT2D eigenvalue weighted by molar-refractivity contribution is 6.17. The van der Waals surface area contributed by atoms with Crippen LogP contribution in [-0.2, 0) is 11.3 Å². The quantitative estimate of drug-likeness (QED) is 0.658. The van der Waals surface area contributed by atoms with Gasteiger partial charge in [-0.25, -0.2) is 4.79 Å². The summed E-state index contributed by atoms with van der Waals surface area (Å²) in [5.74, 6) is -0.0840. The molecule has 0 saturated heterocycles. The largest absolute Gasteiger partial charge is 0.507 e. The molecule has 0 radical (unpaired) electrons. The number of aryl methyl sites for hydroxylation is 2. The Kier molecular flexibility index (Phi) is 4.71. The molecule has 3 aromatic rings. The van der Waals surface area contributed by atoms with Crippen molar-refractivity contribution in [3.8, 4) is 5.75 Å². The van der Waals surface area contributed by atoms with E-state index in [9.17, 15) is 9.90 Å². The molecule has 0 fully saturated rings. The van der Waals surface area contributed by atoms with Crippen molar-refractivity contribution in [1.82, 2.24) is 4.57 Å². The lowest BCUT2D eigenvalue weighted by Gasteiger charge is -2.12. The predicted molar refractivity (Wildman–Crippen MR) is 101 cm³/mol. The number of fused-ring (bicyclic) bond motifs is 3. The number of phenolic OH excluding ortho intramolecular Hbond substituents is 1. The highest BCUT2D eigenvalue weighted by Gasteiger charge is 2.25. The second-order valence-electron chi connectivity index (χ2n) is 6.43. The molecule has 1 aromatic heterocycles. The second kappa shape index (κ2) is 6.79. The molecule has 0 bridgehead atoms. The van der Waals surface area contributed by atoms with Gasteiger partial charge in [0.1, 0.15) is 5.75 Å². The van der Waals surface area contributed by atoms with Crippen LogP contribution in [0, 0.1) is 13.8 Å². The van der Waals surface area contributed by atoms with Gasteiger partial charge in [-0.3, -0.25) is 0 Å². The number of carbonyl (C=O) groups is 1. The minimum atomic E-state index is -0.321. The molecule has 0 aliphatic heterocycles. The lowest BCUT2D eigenvalue weighted by atomic mass is 9.98. The third kappa shape index (κ3) is 2.66. The molecule has 2 aromatic carbocycles. The van der Waals surface area contributed by atoms with E-state index in [4.69, 9.17) is 4.74 Å². The van der Waals surface area contributed by atoms with Crippen LogP contribution in [0.5, 0.6) is 5.75 Å². The Morgan fingerprint density at radius 3 is 2.48 bits per heavy atom. The first-order valence-corrected chi connectivity index (χ1v) is 8.93. The van der Waals surface area contributed by atoms with Crippen LogP contribution in [0.15, 0.2) is 24.3 Å². The fraction of sp³-hybridized carbons (Fsp3) is 0.381. The third-order valence-electron chi connectivity index (χ3n) is 4.91. The van der Waals surface area contributed by atoms with Crippen molar-refractivity contribution in [3.05, 3.63) is 41.1 Å². The minimum Gasteiger partial charge on any atom is -0.507 e. The zero-order valence-corrected chi connectivity index (χ0v) is 15.3. The fourth-order valence-corrected chi connectivity index (χ4v) is 3.65. The topological polar surface area (TPSA) is 51.5 Å². The van der Waals surface area contributed by atoms with Gasteiger partial charge in [0.2, 0.25) is 0 Å². The Morgan fingerprint density at radius 1 is 1.16 bits per heavy atom. The normalized spacial score (nSPS) is 11.4. The number of rotatable bonds is 5. The molecular weight excluding hydrogens is 314 g/mol. The van der Waals surface area contributed by atoms with Crippen LogP contribution in [0.25, 0.3) is 21.7 Å². The molecule has 4 nitrogen and oxygen atoms in total. The van der Waals surface area contributed by atoms with Gasteiger partial charge in [0.05, 0.1) is 17.7 Å². The van der Waals surface area contributed by atoms with Gasteiger partial charge in [0.25, 0.3) is 0 Å². The van der Waals surface area contributed by atoms with Crippen molar-refractivity contribution >= 4 is 27.6 Å². The summed E-state index contributed by atoms with van der Waals surface area (Å²) in [6, 6.07) is 7.82. The minimum absolute atomic E-state index is 0.237. The number of unbranched alkanes of at least 4 members (excludes halogenated alkanes) is 1. The van der Waals surface area contributed by atoms with Crippen molar-refractivity contribution < 1.29 is 14.6 Å². The van der Waals surface area contributed by atoms with Gasteiger partial charge >= 0.3 is 5.97 Å². The van der Waals surface area contributed by atoms with E-state index in [-0.39, 0.29) is 11.7 Å². The van der Waals surface area contributed by atoms with Crippen LogP contribution in [-0.4, -0.2) is 22.2 Å². The van der Waals surface area contributed by atoms with Crippen molar-refractivity contribution in [2.75, 3.05) is 6.61 Å². The Labute approximate surface area is 148 Å². The fourth-order valence-electron chi connectivity index (χ4n) is 3.65. The van der Waals surface area contributed by atoms with Crippen LogP contribution >= 0.6 is 0 Å². The SMILES string of the molecule is CCCCn1c(C)c(C(=O)OCC)c2c(C)c(O)c3ccccc3c21. The molecule has 0 spiro atoms. The predicted octanol–water partition coefficient (Wildman–Crippen LogP) is 5.09.